The molecule has 3 aromatic rings. The number of aryl methyl sites for hydroxylation is 1. The average molecular weight is 352 g/mol. The Labute approximate surface area is 151 Å². The lowest BCUT2D eigenvalue weighted by Gasteiger charge is -2.16. The van der Waals surface area contributed by atoms with Gasteiger partial charge in [-0.15, -0.1) is 0 Å². The summed E-state index contributed by atoms with van der Waals surface area (Å²) < 4.78 is 3.15. The molecule has 0 saturated heterocycles. The van der Waals surface area contributed by atoms with Gasteiger partial charge < -0.3 is 9.88 Å². The molecule has 1 fully saturated rings. The Morgan fingerprint density at radius 3 is 2.65 bits per heavy atom. The molecule has 0 radical (unpaired) electrons. The summed E-state index contributed by atoms with van der Waals surface area (Å²) in [5, 5.41) is 9.16. The van der Waals surface area contributed by atoms with Gasteiger partial charge in [0.05, 0.1) is 6.20 Å². The molecular weight excluding hydrogens is 328 g/mol. The highest BCUT2D eigenvalue weighted by molar-refractivity contribution is 6.07. The summed E-state index contributed by atoms with van der Waals surface area (Å²) in [6.45, 7) is -0.0349. The summed E-state index contributed by atoms with van der Waals surface area (Å²) in [7, 11) is 1.88. The van der Waals surface area contributed by atoms with E-state index in [1.165, 1.54) is 17.5 Å². The summed E-state index contributed by atoms with van der Waals surface area (Å²) >= 11 is 0. The highest BCUT2D eigenvalue weighted by atomic mass is 16.2. The van der Waals surface area contributed by atoms with Gasteiger partial charge in [-0.05, 0) is 18.9 Å². The smallest absolute Gasteiger partial charge is 0.291 e. The van der Waals surface area contributed by atoms with Gasteiger partial charge in [0.1, 0.15) is 12.1 Å². The van der Waals surface area contributed by atoms with Crippen molar-refractivity contribution in [2.24, 2.45) is 7.05 Å². The SMILES string of the molecule is Cn1c2ccccc2c2cnn(CC(=O)NC3CCCCCC3)c(=O)c21. The lowest BCUT2D eigenvalue weighted by Crippen LogP contribution is -2.39. The normalized spacial score (nSPS) is 16.0. The summed E-state index contributed by atoms with van der Waals surface area (Å²) in [6, 6.07) is 8.10. The third-order valence-corrected chi connectivity index (χ3v) is 5.42. The second-order valence-corrected chi connectivity index (χ2v) is 7.20. The number of amides is 1. The van der Waals surface area contributed by atoms with Crippen LogP contribution in [0.15, 0.2) is 35.3 Å². The van der Waals surface area contributed by atoms with E-state index in [1.54, 1.807) is 6.20 Å². The molecule has 6 nitrogen and oxygen atoms in total. The second-order valence-electron chi connectivity index (χ2n) is 7.20. The minimum Gasteiger partial charge on any atom is -0.352 e. The molecule has 1 N–H and O–H groups in total. The quantitative estimate of drug-likeness (QED) is 0.737. The largest absolute Gasteiger partial charge is 0.352 e. The molecular formula is C20H24N4O2. The van der Waals surface area contributed by atoms with Crippen LogP contribution in [0.4, 0.5) is 0 Å². The standard InChI is InChI=1S/C20H24N4O2/c1-23-17-11-7-6-10-15(17)16-12-21-24(20(26)19(16)23)13-18(25)22-14-8-4-2-3-5-9-14/h6-7,10-12,14H,2-5,8-9,13H2,1H3,(H,22,25). The monoisotopic (exact) mass is 352 g/mol. The predicted molar refractivity (Wildman–Crippen MR) is 102 cm³/mol. The summed E-state index contributed by atoms with van der Waals surface area (Å²) in [5.41, 5.74) is 1.35. The van der Waals surface area contributed by atoms with Gasteiger partial charge >= 0.3 is 0 Å². The number of benzene rings is 1. The number of nitrogens with one attached hydrogen (secondary N) is 1. The van der Waals surface area contributed by atoms with Crippen molar-refractivity contribution < 1.29 is 4.79 Å². The van der Waals surface area contributed by atoms with Crippen molar-refractivity contribution in [1.82, 2.24) is 19.7 Å². The first kappa shape index (κ1) is 16.8. The van der Waals surface area contributed by atoms with Gasteiger partial charge in [-0.1, -0.05) is 43.9 Å². The van der Waals surface area contributed by atoms with Gasteiger partial charge in [0.2, 0.25) is 5.91 Å². The summed E-state index contributed by atoms with van der Waals surface area (Å²) in [4.78, 5) is 25.3. The number of rotatable bonds is 3. The van der Waals surface area contributed by atoms with Crippen molar-refractivity contribution in [3.63, 3.8) is 0 Å². The Balaban J connectivity index is 1.62. The van der Waals surface area contributed by atoms with Crippen LogP contribution in [0, 0.1) is 0 Å². The maximum Gasteiger partial charge on any atom is 0.291 e. The maximum absolute atomic E-state index is 12.9. The third-order valence-electron chi connectivity index (χ3n) is 5.42. The second kappa shape index (κ2) is 6.94. The zero-order chi connectivity index (χ0) is 18.1. The van der Waals surface area contributed by atoms with E-state index in [0.717, 1.165) is 42.0 Å². The molecule has 1 aromatic carbocycles. The lowest BCUT2D eigenvalue weighted by atomic mass is 10.1. The fourth-order valence-electron chi connectivity index (χ4n) is 4.06. The van der Waals surface area contributed by atoms with Crippen LogP contribution >= 0.6 is 0 Å². The molecule has 0 aliphatic heterocycles. The Morgan fingerprint density at radius 1 is 1.15 bits per heavy atom. The van der Waals surface area contributed by atoms with Gasteiger partial charge in [-0.25, -0.2) is 4.68 Å². The molecule has 0 atom stereocenters. The van der Waals surface area contributed by atoms with Crippen LogP contribution < -0.4 is 10.9 Å². The van der Waals surface area contributed by atoms with E-state index < -0.39 is 0 Å². The molecule has 0 bridgehead atoms. The van der Waals surface area contributed by atoms with E-state index in [1.807, 2.05) is 35.9 Å². The predicted octanol–water partition coefficient (Wildman–Crippen LogP) is 2.73. The highest BCUT2D eigenvalue weighted by Gasteiger charge is 2.18. The number of nitrogens with zero attached hydrogens (tertiary/aromatic N) is 3. The van der Waals surface area contributed by atoms with Gasteiger partial charge in [0.15, 0.2) is 0 Å². The van der Waals surface area contributed by atoms with Crippen molar-refractivity contribution in [2.45, 2.75) is 51.1 Å². The zero-order valence-electron chi connectivity index (χ0n) is 15.1. The van der Waals surface area contributed by atoms with Crippen molar-refractivity contribution in [3.8, 4) is 0 Å². The first-order valence-electron chi connectivity index (χ1n) is 9.38. The topological polar surface area (TPSA) is 68.9 Å². The molecule has 136 valence electrons. The Hall–Kier alpha value is -2.63. The van der Waals surface area contributed by atoms with E-state index in [9.17, 15) is 9.59 Å². The van der Waals surface area contributed by atoms with Crippen molar-refractivity contribution in [1.29, 1.82) is 0 Å². The molecule has 0 unspecified atom stereocenters. The molecule has 0 spiro atoms. The first-order valence-corrected chi connectivity index (χ1v) is 9.38. The summed E-state index contributed by atoms with van der Waals surface area (Å²) in [5.74, 6) is -0.135. The van der Waals surface area contributed by atoms with Crippen LogP contribution in [0.3, 0.4) is 0 Å². The molecule has 26 heavy (non-hydrogen) atoms. The van der Waals surface area contributed by atoms with E-state index in [-0.39, 0.29) is 24.1 Å². The first-order chi connectivity index (χ1) is 12.6. The van der Waals surface area contributed by atoms with Crippen LogP contribution in [-0.2, 0) is 18.4 Å². The molecule has 1 aliphatic rings. The summed E-state index contributed by atoms with van der Waals surface area (Å²) in [6.07, 6.45) is 8.54. The number of para-hydroxylation sites is 1. The molecule has 1 saturated carbocycles. The van der Waals surface area contributed by atoms with Crippen LogP contribution in [0.1, 0.15) is 38.5 Å². The third kappa shape index (κ3) is 3.00. The van der Waals surface area contributed by atoms with E-state index >= 15 is 0 Å². The van der Waals surface area contributed by atoms with E-state index in [0.29, 0.717) is 5.52 Å². The molecule has 1 amide bonds. The van der Waals surface area contributed by atoms with Crippen LogP contribution in [0.5, 0.6) is 0 Å². The minimum absolute atomic E-state index is 0.0349. The van der Waals surface area contributed by atoms with Crippen LogP contribution in [0.2, 0.25) is 0 Å². The average Bonchev–Trinajstić information content (AvgIpc) is 2.78. The van der Waals surface area contributed by atoms with Gasteiger partial charge in [0.25, 0.3) is 5.56 Å². The number of carbonyl (C=O) groups excluding carboxylic acids is 1. The molecule has 4 rings (SSSR count). The fraction of sp³-hybridized carbons (Fsp3) is 0.450. The van der Waals surface area contributed by atoms with Gasteiger partial charge in [-0.2, -0.15) is 5.10 Å². The van der Waals surface area contributed by atoms with Crippen molar-refractivity contribution in [2.75, 3.05) is 0 Å². The zero-order valence-corrected chi connectivity index (χ0v) is 15.1. The lowest BCUT2D eigenvalue weighted by molar-refractivity contribution is -0.122. The molecule has 2 heterocycles. The van der Waals surface area contributed by atoms with Gasteiger partial charge in [0, 0.05) is 29.4 Å². The van der Waals surface area contributed by atoms with E-state index in [4.69, 9.17) is 0 Å². The van der Waals surface area contributed by atoms with Crippen molar-refractivity contribution >= 4 is 27.7 Å². The Kier molecular flexibility index (Phi) is 4.49. The molecule has 6 heteroatoms. The highest BCUT2D eigenvalue weighted by Crippen LogP contribution is 2.24. The molecule has 2 aromatic heterocycles. The van der Waals surface area contributed by atoms with Gasteiger partial charge in [-0.3, -0.25) is 9.59 Å². The number of hydrogen-bond donors (Lipinski definition) is 1. The minimum atomic E-state index is -0.225. The number of carbonyl (C=O) groups is 1. The van der Waals surface area contributed by atoms with Crippen LogP contribution in [0.25, 0.3) is 21.8 Å². The number of hydrogen-bond acceptors (Lipinski definition) is 3. The fourth-order valence-corrected chi connectivity index (χ4v) is 4.06. The van der Waals surface area contributed by atoms with E-state index in [2.05, 4.69) is 10.4 Å². The van der Waals surface area contributed by atoms with Crippen molar-refractivity contribution in [3.05, 3.63) is 40.8 Å². The Bertz CT molecular complexity index is 1010. The Morgan fingerprint density at radius 2 is 1.88 bits per heavy atom. The van der Waals surface area contributed by atoms with Crippen LogP contribution in [-0.4, -0.2) is 26.3 Å². The maximum atomic E-state index is 12.9. The molecule has 1 aliphatic carbocycles. The number of fused-ring (bicyclic) bond motifs is 3. The number of aromatic nitrogens is 3.